The highest BCUT2D eigenvalue weighted by Gasteiger charge is 2.45. The first-order valence-corrected chi connectivity index (χ1v) is 5.71. The third kappa shape index (κ3) is 1.36. The summed E-state index contributed by atoms with van der Waals surface area (Å²) in [4.78, 5) is 11.7. The molecule has 3 unspecified atom stereocenters. The summed E-state index contributed by atoms with van der Waals surface area (Å²) in [5.74, 6) is 1.10. The molecule has 1 saturated carbocycles. The third-order valence-electron chi connectivity index (χ3n) is 3.79. The molecule has 1 N–H and O–H groups in total. The van der Waals surface area contributed by atoms with Crippen molar-refractivity contribution in [1.82, 2.24) is 5.32 Å². The van der Waals surface area contributed by atoms with Crippen LogP contribution >= 0.6 is 0 Å². The molecule has 2 heteroatoms. The van der Waals surface area contributed by atoms with Crippen LogP contribution in [0.4, 0.5) is 0 Å². The van der Waals surface area contributed by atoms with E-state index in [0.29, 0.717) is 5.92 Å². The van der Waals surface area contributed by atoms with Crippen LogP contribution < -0.4 is 5.32 Å². The number of carbonyl (C=O) groups excluding carboxylic acids is 1. The minimum absolute atomic E-state index is 0.270. The third-order valence-corrected chi connectivity index (χ3v) is 3.79. The number of fused-ring (bicyclic) bond motifs is 1. The minimum atomic E-state index is 0.270. The van der Waals surface area contributed by atoms with Gasteiger partial charge in [-0.05, 0) is 24.3 Å². The number of hydrogen-bond donors (Lipinski definition) is 1. The van der Waals surface area contributed by atoms with Crippen LogP contribution in [-0.2, 0) is 4.79 Å². The van der Waals surface area contributed by atoms with E-state index in [4.69, 9.17) is 0 Å². The van der Waals surface area contributed by atoms with Gasteiger partial charge in [-0.2, -0.15) is 0 Å². The van der Waals surface area contributed by atoms with Crippen molar-refractivity contribution in [3.05, 3.63) is 35.9 Å². The quantitative estimate of drug-likeness (QED) is 0.742. The molecule has 0 aromatic heterocycles. The van der Waals surface area contributed by atoms with E-state index in [1.165, 1.54) is 18.4 Å². The topological polar surface area (TPSA) is 29.1 Å². The van der Waals surface area contributed by atoms with E-state index in [-0.39, 0.29) is 17.9 Å². The maximum atomic E-state index is 11.7. The molecule has 1 aromatic rings. The van der Waals surface area contributed by atoms with E-state index in [1.807, 2.05) is 18.2 Å². The zero-order valence-electron chi connectivity index (χ0n) is 8.65. The van der Waals surface area contributed by atoms with Gasteiger partial charge in [-0.15, -0.1) is 0 Å². The van der Waals surface area contributed by atoms with Gasteiger partial charge in [-0.25, -0.2) is 0 Å². The van der Waals surface area contributed by atoms with Crippen LogP contribution in [-0.4, -0.2) is 5.91 Å². The molecule has 0 spiro atoms. The van der Waals surface area contributed by atoms with E-state index < -0.39 is 0 Å². The second kappa shape index (κ2) is 3.37. The van der Waals surface area contributed by atoms with E-state index in [0.717, 1.165) is 6.42 Å². The van der Waals surface area contributed by atoms with E-state index in [9.17, 15) is 4.79 Å². The first kappa shape index (κ1) is 8.96. The highest BCUT2D eigenvalue weighted by molar-refractivity contribution is 5.82. The molecule has 1 aliphatic carbocycles. The normalized spacial score (nSPS) is 33.9. The molecule has 78 valence electrons. The van der Waals surface area contributed by atoms with Crippen molar-refractivity contribution in [1.29, 1.82) is 0 Å². The molecule has 1 amide bonds. The van der Waals surface area contributed by atoms with Crippen LogP contribution in [0.3, 0.4) is 0 Å². The molecular formula is C13H15NO. The molecule has 2 nitrogen and oxygen atoms in total. The highest BCUT2D eigenvalue weighted by Crippen LogP contribution is 2.44. The van der Waals surface area contributed by atoms with Gasteiger partial charge in [0.2, 0.25) is 5.91 Å². The van der Waals surface area contributed by atoms with E-state index in [1.54, 1.807) is 0 Å². The minimum Gasteiger partial charge on any atom is -0.349 e. The first-order chi connectivity index (χ1) is 7.36. The fourth-order valence-electron chi connectivity index (χ4n) is 3.07. The zero-order valence-corrected chi connectivity index (χ0v) is 8.65. The molecule has 0 bridgehead atoms. The Hall–Kier alpha value is -1.31. The number of rotatable bonds is 1. The van der Waals surface area contributed by atoms with Gasteiger partial charge >= 0.3 is 0 Å². The summed E-state index contributed by atoms with van der Waals surface area (Å²) in [5, 5.41) is 3.13. The van der Waals surface area contributed by atoms with Crippen molar-refractivity contribution in [3.63, 3.8) is 0 Å². The van der Waals surface area contributed by atoms with Gasteiger partial charge in [0, 0.05) is 5.92 Å². The van der Waals surface area contributed by atoms with Gasteiger partial charge in [0.25, 0.3) is 0 Å². The van der Waals surface area contributed by atoms with Crippen LogP contribution in [0.15, 0.2) is 30.3 Å². The molecule has 0 radical (unpaired) electrons. The molecule has 1 aromatic carbocycles. The Labute approximate surface area is 89.7 Å². The Morgan fingerprint density at radius 3 is 2.73 bits per heavy atom. The lowest BCUT2D eigenvalue weighted by Crippen LogP contribution is -2.22. The number of carbonyl (C=O) groups is 1. The van der Waals surface area contributed by atoms with Crippen molar-refractivity contribution in [2.45, 2.75) is 25.3 Å². The second-order valence-electron chi connectivity index (χ2n) is 4.60. The standard InChI is InChI=1S/C13H15NO/c15-13-11-8-4-7-10(11)12(14-13)9-5-2-1-3-6-9/h1-3,5-6,10-12H,4,7-8H2,(H,14,15). The lowest BCUT2D eigenvalue weighted by atomic mass is 9.89. The number of amides is 1. The molecule has 2 aliphatic rings. The molecule has 1 saturated heterocycles. The summed E-state index contributed by atoms with van der Waals surface area (Å²) in [6, 6.07) is 10.6. The zero-order chi connectivity index (χ0) is 10.3. The van der Waals surface area contributed by atoms with Crippen LogP contribution in [0, 0.1) is 11.8 Å². The molecule has 1 aliphatic heterocycles. The largest absolute Gasteiger partial charge is 0.349 e. The van der Waals surface area contributed by atoms with E-state index in [2.05, 4.69) is 17.4 Å². The lowest BCUT2D eigenvalue weighted by molar-refractivity contribution is -0.122. The Balaban J connectivity index is 1.92. The summed E-state index contributed by atoms with van der Waals surface area (Å²) >= 11 is 0. The summed E-state index contributed by atoms with van der Waals surface area (Å²) in [7, 11) is 0. The fraction of sp³-hybridized carbons (Fsp3) is 0.462. The van der Waals surface area contributed by atoms with Gasteiger partial charge in [-0.1, -0.05) is 36.8 Å². The molecule has 3 rings (SSSR count). The molecule has 3 atom stereocenters. The Bertz CT molecular complexity index is 373. The molecule has 1 heterocycles. The van der Waals surface area contributed by atoms with Crippen LogP contribution in [0.2, 0.25) is 0 Å². The molecular weight excluding hydrogens is 186 g/mol. The van der Waals surface area contributed by atoms with Crippen LogP contribution in [0.1, 0.15) is 30.9 Å². The maximum Gasteiger partial charge on any atom is 0.223 e. The summed E-state index contributed by atoms with van der Waals surface area (Å²) in [6.07, 6.45) is 3.49. The molecule has 15 heavy (non-hydrogen) atoms. The van der Waals surface area contributed by atoms with Crippen molar-refractivity contribution < 1.29 is 4.79 Å². The Kier molecular flexibility index (Phi) is 2.01. The lowest BCUT2D eigenvalue weighted by Gasteiger charge is -2.17. The monoisotopic (exact) mass is 201 g/mol. The van der Waals surface area contributed by atoms with Crippen LogP contribution in [0.25, 0.3) is 0 Å². The highest BCUT2D eigenvalue weighted by atomic mass is 16.2. The smallest absolute Gasteiger partial charge is 0.223 e. The predicted octanol–water partition coefficient (Wildman–Crippen LogP) is 2.27. The summed E-state index contributed by atoms with van der Waals surface area (Å²) in [5.41, 5.74) is 1.26. The second-order valence-corrected chi connectivity index (χ2v) is 4.60. The van der Waals surface area contributed by atoms with Gasteiger partial charge in [0.15, 0.2) is 0 Å². The summed E-state index contributed by atoms with van der Waals surface area (Å²) < 4.78 is 0. The van der Waals surface area contributed by atoms with Crippen LogP contribution in [0.5, 0.6) is 0 Å². The van der Waals surface area contributed by atoms with E-state index >= 15 is 0 Å². The van der Waals surface area contributed by atoms with Gasteiger partial charge in [-0.3, -0.25) is 4.79 Å². The number of hydrogen-bond acceptors (Lipinski definition) is 1. The average molecular weight is 201 g/mol. The number of nitrogens with one attached hydrogen (secondary N) is 1. The van der Waals surface area contributed by atoms with Crippen molar-refractivity contribution in [2.24, 2.45) is 11.8 Å². The van der Waals surface area contributed by atoms with Crippen molar-refractivity contribution in [3.8, 4) is 0 Å². The summed E-state index contributed by atoms with van der Waals surface area (Å²) in [6.45, 7) is 0. The maximum absolute atomic E-state index is 11.7. The fourth-order valence-corrected chi connectivity index (χ4v) is 3.07. The van der Waals surface area contributed by atoms with Gasteiger partial charge < -0.3 is 5.32 Å². The SMILES string of the molecule is O=C1NC(c2ccccc2)C2CCCC12. The Morgan fingerprint density at radius 1 is 1.13 bits per heavy atom. The first-order valence-electron chi connectivity index (χ1n) is 5.71. The molecule has 2 fully saturated rings. The van der Waals surface area contributed by atoms with Crippen molar-refractivity contribution >= 4 is 5.91 Å². The number of benzene rings is 1. The average Bonchev–Trinajstić information content (AvgIpc) is 2.84. The van der Waals surface area contributed by atoms with Gasteiger partial charge in [0.05, 0.1) is 6.04 Å². The predicted molar refractivity (Wildman–Crippen MR) is 58.2 cm³/mol. The Morgan fingerprint density at radius 2 is 1.93 bits per heavy atom. The van der Waals surface area contributed by atoms with Gasteiger partial charge in [0.1, 0.15) is 0 Å². The van der Waals surface area contributed by atoms with Crippen molar-refractivity contribution in [2.75, 3.05) is 0 Å².